The fourth-order valence-corrected chi connectivity index (χ4v) is 29.7. The van der Waals surface area contributed by atoms with Crippen LogP contribution in [0.15, 0.2) is 103 Å². The molecule has 14 aliphatic carbocycles. The van der Waals surface area contributed by atoms with Crippen molar-refractivity contribution >= 4 is 12.3 Å². The maximum Gasteiger partial charge on any atom is 0.331 e. The molecule has 0 radical (unpaired) electrons. The van der Waals surface area contributed by atoms with Gasteiger partial charge in [-0.15, -0.1) is 5.92 Å². The number of benzene rings is 4. The van der Waals surface area contributed by atoms with E-state index in [1.54, 1.807) is 6.08 Å². The Balaban J connectivity index is 0.869. The molecule has 0 aromatic heterocycles. The first kappa shape index (κ1) is 62.4. The highest BCUT2D eigenvalue weighted by Crippen LogP contribution is 2.83. The van der Waals surface area contributed by atoms with Crippen molar-refractivity contribution in [3.63, 3.8) is 0 Å². The van der Waals surface area contributed by atoms with Crippen molar-refractivity contribution in [1.82, 2.24) is 5.32 Å². The Morgan fingerprint density at radius 1 is 0.704 bits per heavy atom. The molecule has 4 aromatic carbocycles. The van der Waals surface area contributed by atoms with E-state index < -0.39 is 92.3 Å². The number of ether oxygens (including phenoxy) is 2. The molecular formula is C88H101NO9. The minimum atomic E-state index is -2.38. The van der Waals surface area contributed by atoms with Crippen molar-refractivity contribution in [2.75, 3.05) is 7.05 Å². The minimum absolute atomic E-state index is 0.0588. The van der Waals surface area contributed by atoms with Crippen molar-refractivity contribution in [3.05, 3.63) is 153 Å². The maximum absolute atomic E-state index is 16.6. The Morgan fingerprint density at radius 3 is 2.29 bits per heavy atom. The molecule has 10 saturated carbocycles. The van der Waals surface area contributed by atoms with E-state index in [1.165, 1.54) is 39.7 Å². The van der Waals surface area contributed by atoms with Crippen LogP contribution in [0.2, 0.25) is 0 Å². The van der Waals surface area contributed by atoms with Gasteiger partial charge in [0.2, 0.25) is 0 Å². The molecule has 3 heterocycles. The van der Waals surface area contributed by atoms with Crippen LogP contribution in [0.5, 0.6) is 0 Å². The Hall–Kier alpha value is -5.40. The van der Waals surface area contributed by atoms with Crippen molar-refractivity contribution in [2.45, 2.75) is 221 Å². The number of carbonyl (C=O) groups excluding carboxylic acids is 2. The lowest BCUT2D eigenvalue weighted by Gasteiger charge is -2.77. The van der Waals surface area contributed by atoms with E-state index in [-0.39, 0.29) is 84.4 Å². The van der Waals surface area contributed by atoms with Gasteiger partial charge in [0, 0.05) is 69.9 Å². The average Bonchev–Trinajstić information content (AvgIpc) is 1.23. The second kappa shape index (κ2) is 22.1. The first-order chi connectivity index (χ1) is 47.5. The largest absolute Gasteiger partial charge is 0.454 e. The molecule has 6 N–H and O–H groups in total. The van der Waals surface area contributed by atoms with Crippen LogP contribution >= 0.6 is 0 Å². The molecule has 29 atom stereocenters. The number of aliphatic hydroxyl groups is 5. The van der Waals surface area contributed by atoms with Gasteiger partial charge in [0.25, 0.3) is 0 Å². The number of rotatable bonds is 3. The van der Waals surface area contributed by atoms with E-state index in [2.05, 4.69) is 115 Å². The van der Waals surface area contributed by atoms with Crippen LogP contribution in [0, 0.1) is 140 Å². The van der Waals surface area contributed by atoms with E-state index in [9.17, 15) is 9.90 Å². The lowest BCUT2D eigenvalue weighted by atomic mass is 9.30. The highest BCUT2D eigenvalue weighted by atomic mass is 16.5. The standard InChI is InChI=1S/C88H101NO9/c1-49-58-19-18-55(33-58)31-51-9-4-11-54(30-51)35-65-38-64-39-69-67-17-7-15-61-43-83-46-82-26-24-56(42-82)32-52-10-3-8-50(28-52)29-53-12-5-14-60(34-53)66(67)21-23-72(69)85(64)47-84(48-91)79(61)88(96,80(93)74-37-59(49)20-22-73(81(85)97-65)87(74,84)95)86(83,94)44-63-36-70(78-71(77(63)83)41-76(92)98-78)75(89-2)40-68-57(25-27-82)13-6-16-62(68)45-90/h3-6,8-14,16,28,30,34,41,48-49,55-56,58-59,61,63-67,69-70,72-75,77-81,89-90,93-96H,17-24,26,29,31-33,35-40,42-47H2,1-2H3. The molecule has 512 valence electrons. The van der Waals surface area contributed by atoms with Crippen LogP contribution in [0.4, 0.5) is 0 Å². The van der Waals surface area contributed by atoms with Gasteiger partial charge >= 0.3 is 5.97 Å². The molecule has 11 fully saturated rings. The molecular weight excluding hydrogens is 1210 g/mol. The smallest absolute Gasteiger partial charge is 0.331 e. The Kier molecular flexibility index (Phi) is 14.0. The van der Waals surface area contributed by atoms with Gasteiger partial charge in [0.15, 0.2) is 0 Å². The molecule has 4 aromatic rings. The summed E-state index contributed by atoms with van der Waals surface area (Å²) in [5.74, 6) is 13.8. The summed E-state index contributed by atoms with van der Waals surface area (Å²) < 4.78 is 14.9. The number of aliphatic hydroxyl groups excluding tert-OH is 2. The fourth-order valence-electron chi connectivity index (χ4n) is 29.7. The SMILES string of the molecule is CNC1Cc2c(cccc2CO)C#CC23CCC(Cc4cccc(c4)Cc4cccc(c4)C4CCC5C6CC7CC8Cc9cccc(c9)CC9CCC(C9)C(C)C9CCC%10C(O8)C75CC5(C=O)C7C(C#CCC46)CC4(C2)C2C6=CC(=O)OC6C1CC2CC4(O)C7(O)C(O)C(C9)C%105O)C3. The van der Waals surface area contributed by atoms with Crippen LogP contribution in [-0.2, 0) is 57.8 Å². The number of fused-ring (bicyclic) bond motifs is 16. The predicted molar refractivity (Wildman–Crippen MR) is 372 cm³/mol. The van der Waals surface area contributed by atoms with Gasteiger partial charge in [-0.05, 0) is 282 Å². The molecule has 21 rings (SSSR count). The highest BCUT2D eigenvalue weighted by molar-refractivity contribution is 5.86. The van der Waals surface area contributed by atoms with E-state index >= 15 is 25.2 Å². The highest BCUT2D eigenvalue weighted by Gasteiger charge is 2.90. The summed E-state index contributed by atoms with van der Waals surface area (Å²) in [5, 5.41) is 78.2. The molecule has 10 heteroatoms. The Morgan fingerprint density at radius 2 is 1.46 bits per heavy atom. The van der Waals surface area contributed by atoms with Gasteiger partial charge in [-0.2, -0.15) is 0 Å². The zero-order chi connectivity index (χ0) is 66.2. The van der Waals surface area contributed by atoms with Crippen LogP contribution in [-0.4, -0.2) is 92.1 Å². The number of hydrogen-bond acceptors (Lipinski definition) is 10. The molecule has 1 saturated heterocycles. The summed E-state index contributed by atoms with van der Waals surface area (Å²) in [6, 6.07) is 34.1. The van der Waals surface area contributed by atoms with Crippen molar-refractivity contribution in [2.24, 2.45) is 116 Å². The van der Waals surface area contributed by atoms with E-state index in [0.717, 1.165) is 119 Å². The predicted octanol–water partition coefficient (Wildman–Crippen LogP) is 12.2. The summed E-state index contributed by atoms with van der Waals surface area (Å²) in [7, 11) is 1.98. The van der Waals surface area contributed by atoms with Crippen LogP contribution in [0.25, 0.3) is 0 Å². The number of nitrogens with one attached hydrogen (secondary N) is 1. The topological polar surface area (TPSA) is 166 Å². The number of carbonyl (C=O) groups is 2. The Bertz CT molecular complexity index is 4140. The zero-order valence-electron chi connectivity index (χ0n) is 57.6. The van der Waals surface area contributed by atoms with E-state index in [1.807, 2.05) is 19.2 Å². The summed E-state index contributed by atoms with van der Waals surface area (Å²) in [5.41, 5.74) is 0.993. The summed E-state index contributed by atoms with van der Waals surface area (Å²) in [4.78, 5) is 31.3. The second-order valence-corrected chi connectivity index (χ2v) is 36.5. The molecule has 29 unspecified atom stereocenters. The quantitative estimate of drug-likeness (QED) is 0.0661. The summed E-state index contributed by atoms with van der Waals surface area (Å²) in [6.45, 7) is 2.31. The van der Waals surface area contributed by atoms with Crippen LogP contribution in [0.1, 0.15) is 185 Å². The van der Waals surface area contributed by atoms with E-state index in [4.69, 9.17) is 9.47 Å². The molecule has 98 heavy (non-hydrogen) atoms. The second-order valence-electron chi connectivity index (χ2n) is 36.5. The van der Waals surface area contributed by atoms with Gasteiger partial charge in [-0.3, -0.25) is 0 Å². The number of likely N-dealkylation sites (N-methyl/N-ethyl adjacent to an activating group) is 1. The third-order valence-electron chi connectivity index (χ3n) is 32.9. The molecule has 3 spiro atoms. The number of hydrogen-bond donors (Lipinski definition) is 6. The lowest BCUT2D eigenvalue weighted by Crippen LogP contribution is -2.88. The molecule has 0 amide bonds. The molecule has 10 nitrogen and oxygen atoms in total. The van der Waals surface area contributed by atoms with Crippen LogP contribution in [0.3, 0.4) is 0 Å². The third kappa shape index (κ3) is 8.38. The zero-order valence-corrected chi connectivity index (χ0v) is 57.6. The minimum Gasteiger partial charge on any atom is -0.454 e. The maximum atomic E-state index is 16.6. The van der Waals surface area contributed by atoms with Gasteiger partial charge in [-0.1, -0.05) is 110 Å². The van der Waals surface area contributed by atoms with Gasteiger partial charge in [0.05, 0.1) is 35.9 Å². The number of aldehydes is 1. The third-order valence-corrected chi connectivity index (χ3v) is 32.9. The van der Waals surface area contributed by atoms with Gasteiger partial charge in [0.1, 0.15) is 23.6 Å². The number of esters is 1. The normalized spacial score (nSPS) is 48.9. The average molecular weight is 1320 g/mol. The lowest BCUT2D eigenvalue weighted by molar-refractivity contribution is -0.400. The fraction of sp³-hybridized carbons (Fsp3) is 0.636. The molecule has 3 aliphatic heterocycles. The summed E-state index contributed by atoms with van der Waals surface area (Å²) in [6.07, 6.45) is 17.8. The Labute approximate surface area is 579 Å². The molecule has 17 aliphatic rings. The first-order valence-electron chi connectivity index (χ1n) is 39.1. The molecule has 24 bridgehead atoms. The van der Waals surface area contributed by atoms with E-state index in [0.29, 0.717) is 63.2 Å². The van der Waals surface area contributed by atoms with Gasteiger partial charge < -0.3 is 45.1 Å². The first-order valence-corrected chi connectivity index (χ1v) is 39.1. The monoisotopic (exact) mass is 1320 g/mol. The van der Waals surface area contributed by atoms with Crippen molar-refractivity contribution in [1.29, 1.82) is 0 Å². The summed E-state index contributed by atoms with van der Waals surface area (Å²) >= 11 is 0. The van der Waals surface area contributed by atoms with Crippen LogP contribution < -0.4 is 5.32 Å². The van der Waals surface area contributed by atoms with Crippen molar-refractivity contribution in [3.8, 4) is 23.7 Å². The van der Waals surface area contributed by atoms with Gasteiger partial charge in [-0.25, -0.2) is 4.79 Å². The van der Waals surface area contributed by atoms with Crippen molar-refractivity contribution < 1.29 is 44.6 Å².